The molecule has 0 aromatic heterocycles. The highest BCUT2D eigenvalue weighted by Crippen LogP contribution is 2.27. The first kappa shape index (κ1) is 14.2. The van der Waals surface area contributed by atoms with Crippen LogP contribution >= 0.6 is 0 Å². The van der Waals surface area contributed by atoms with Crippen LogP contribution in [0.3, 0.4) is 0 Å². The van der Waals surface area contributed by atoms with E-state index in [2.05, 4.69) is 19.1 Å². The first-order valence-corrected chi connectivity index (χ1v) is 6.17. The molecule has 1 rings (SSSR count). The molecule has 96 valence electrons. The van der Waals surface area contributed by atoms with Crippen molar-refractivity contribution in [3.05, 3.63) is 35.4 Å². The minimum absolute atomic E-state index is 0.304. The van der Waals surface area contributed by atoms with Crippen LogP contribution in [0.15, 0.2) is 24.3 Å². The van der Waals surface area contributed by atoms with E-state index in [1.54, 1.807) is 7.11 Å². The molecule has 0 aliphatic heterocycles. The molecule has 3 heteroatoms. The second-order valence-corrected chi connectivity index (χ2v) is 4.41. The normalized spacial score (nSPS) is 14.6. The number of methoxy groups -OCH3 is 1. The van der Waals surface area contributed by atoms with Crippen LogP contribution in [0, 0.1) is 0 Å². The maximum Gasteiger partial charge on any atom is 0.113 e. The van der Waals surface area contributed by atoms with E-state index < -0.39 is 5.60 Å². The minimum atomic E-state index is -0.916. The van der Waals surface area contributed by atoms with E-state index in [1.807, 2.05) is 12.1 Å². The Labute approximate surface area is 104 Å². The summed E-state index contributed by atoms with van der Waals surface area (Å²) in [5, 5.41) is 10.6. The van der Waals surface area contributed by atoms with Crippen molar-refractivity contribution in [3.8, 4) is 0 Å². The van der Waals surface area contributed by atoms with Gasteiger partial charge in [-0.2, -0.15) is 0 Å². The van der Waals surface area contributed by atoms with Gasteiger partial charge in [-0.05, 0) is 36.9 Å². The highest BCUT2D eigenvalue weighted by atomic mass is 16.5. The standard InChI is InChI=1S/C14H23NO2/c1-3-12-5-7-13(8-6-12)14(16,11-17-2)9-4-10-15/h5-8,16H,3-4,9-11,15H2,1-2H3. The molecule has 17 heavy (non-hydrogen) atoms. The molecule has 0 amide bonds. The molecule has 3 N–H and O–H groups in total. The van der Waals surface area contributed by atoms with Gasteiger partial charge >= 0.3 is 0 Å². The van der Waals surface area contributed by atoms with E-state index in [1.165, 1.54) is 5.56 Å². The number of rotatable bonds is 7. The molecule has 1 atom stereocenters. The van der Waals surface area contributed by atoms with Gasteiger partial charge in [0.25, 0.3) is 0 Å². The van der Waals surface area contributed by atoms with Crippen LogP contribution in [0.2, 0.25) is 0 Å². The van der Waals surface area contributed by atoms with Gasteiger partial charge in [0.1, 0.15) is 5.60 Å². The molecule has 1 unspecified atom stereocenters. The van der Waals surface area contributed by atoms with Crippen molar-refractivity contribution in [2.45, 2.75) is 31.8 Å². The van der Waals surface area contributed by atoms with E-state index >= 15 is 0 Å². The summed E-state index contributed by atoms with van der Waals surface area (Å²) >= 11 is 0. The molecule has 0 heterocycles. The number of hydrogen-bond donors (Lipinski definition) is 2. The summed E-state index contributed by atoms with van der Waals surface area (Å²) in [5.41, 5.74) is 6.77. The number of benzene rings is 1. The summed E-state index contributed by atoms with van der Waals surface area (Å²) in [4.78, 5) is 0. The van der Waals surface area contributed by atoms with Crippen LogP contribution in [0.1, 0.15) is 30.9 Å². The fraction of sp³-hybridized carbons (Fsp3) is 0.571. The fourth-order valence-electron chi connectivity index (χ4n) is 1.98. The Morgan fingerprint density at radius 3 is 2.41 bits per heavy atom. The van der Waals surface area contributed by atoms with E-state index in [-0.39, 0.29) is 0 Å². The molecule has 0 saturated carbocycles. The minimum Gasteiger partial charge on any atom is -0.383 e. The van der Waals surface area contributed by atoms with Gasteiger partial charge in [-0.1, -0.05) is 31.2 Å². The maximum absolute atomic E-state index is 10.6. The second kappa shape index (κ2) is 6.74. The van der Waals surface area contributed by atoms with E-state index in [9.17, 15) is 5.11 Å². The van der Waals surface area contributed by atoms with Crippen molar-refractivity contribution in [3.63, 3.8) is 0 Å². The maximum atomic E-state index is 10.6. The largest absolute Gasteiger partial charge is 0.383 e. The van der Waals surface area contributed by atoms with Crippen LogP contribution in [-0.2, 0) is 16.8 Å². The molecule has 0 aliphatic carbocycles. The lowest BCUT2D eigenvalue weighted by Crippen LogP contribution is -2.32. The van der Waals surface area contributed by atoms with Crippen LogP contribution in [-0.4, -0.2) is 25.4 Å². The summed E-state index contributed by atoms with van der Waals surface area (Å²) < 4.78 is 5.12. The van der Waals surface area contributed by atoms with Crippen LogP contribution in [0.25, 0.3) is 0 Å². The predicted octanol–water partition coefficient (Wildman–Crippen LogP) is 1.82. The average molecular weight is 237 g/mol. The van der Waals surface area contributed by atoms with E-state index in [0.29, 0.717) is 19.6 Å². The van der Waals surface area contributed by atoms with Crippen LogP contribution < -0.4 is 5.73 Å². The van der Waals surface area contributed by atoms with Crippen LogP contribution in [0.5, 0.6) is 0 Å². The molecule has 1 aromatic carbocycles. The summed E-state index contributed by atoms with van der Waals surface area (Å²) in [7, 11) is 1.60. The lowest BCUT2D eigenvalue weighted by molar-refractivity contribution is -0.0429. The zero-order chi connectivity index (χ0) is 12.7. The second-order valence-electron chi connectivity index (χ2n) is 4.41. The SMILES string of the molecule is CCc1ccc(C(O)(CCCN)COC)cc1. The van der Waals surface area contributed by atoms with E-state index in [0.717, 1.165) is 18.4 Å². The Bertz CT molecular complexity index is 323. The van der Waals surface area contributed by atoms with E-state index in [4.69, 9.17) is 10.5 Å². The van der Waals surface area contributed by atoms with Gasteiger partial charge in [0.05, 0.1) is 6.61 Å². The number of nitrogens with two attached hydrogens (primary N) is 1. The monoisotopic (exact) mass is 237 g/mol. The van der Waals surface area contributed by atoms with Gasteiger partial charge in [0.15, 0.2) is 0 Å². The van der Waals surface area contributed by atoms with Gasteiger partial charge in [-0.15, -0.1) is 0 Å². The Balaban J connectivity index is 2.87. The zero-order valence-electron chi connectivity index (χ0n) is 10.8. The first-order valence-electron chi connectivity index (χ1n) is 6.17. The third-order valence-electron chi connectivity index (χ3n) is 3.08. The molecule has 1 aromatic rings. The molecule has 0 aliphatic rings. The summed E-state index contributed by atoms with van der Waals surface area (Å²) in [6.07, 6.45) is 2.42. The van der Waals surface area contributed by atoms with Crippen molar-refractivity contribution >= 4 is 0 Å². The highest BCUT2D eigenvalue weighted by Gasteiger charge is 2.28. The number of aliphatic hydroxyl groups is 1. The van der Waals surface area contributed by atoms with Gasteiger partial charge < -0.3 is 15.6 Å². The summed E-state index contributed by atoms with van der Waals surface area (Å²) in [6.45, 7) is 3.00. The molecule has 0 fully saturated rings. The van der Waals surface area contributed by atoms with Crippen molar-refractivity contribution in [2.75, 3.05) is 20.3 Å². The Hall–Kier alpha value is -0.900. The average Bonchev–Trinajstić information content (AvgIpc) is 2.37. The van der Waals surface area contributed by atoms with Crippen molar-refractivity contribution < 1.29 is 9.84 Å². The van der Waals surface area contributed by atoms with Crippen LogP contribution in [0.4, 0.5) is 0 Å². The number of hydrogen-bond acceptors (Lipinski definition) is 3. The summed E-state index contributed by atoms with van der Waals surface area (Å²) in [5.74, 6) is 0. The predicted molar refractivity (Wildman–Crippen MR) is 69.9 cm³/mol. The zero-order valence-corrected chi connectivity index (χ0v) is 10.8. The topological polar surface area (TPSA) is 55.5 Å². The molecule has 3 nitrogen and oxygen atoms in total. The Morgan fingerprint density at radius 1 is 1.29 bits per heavy atom. The van der Waals surface area contributed by atoms with Gasteiger partial charge in [-0.3, -0.25) is 0 Å². The van der Waals surface area contributed by atoms with Gasteiger partial charge in [-0.25, -0.2) is 0 Å². The fourth-order valence-corrected chi connectivity index (χ4v) is 1.98. The van der Waals surface area contributed by atoms with Crippen molar-refractivity contribution in [1.82, 2.24) is 0 Å². The molecule has 0 bridgehead atoms. The molecule has 0 spiro atoms. The number of ether oxygens (including phenoxy) is 1. The van der Waals surface area contributed by atoms with Gasteiger partial charge in [0, 0.05) is 7.11 Å². The smallest absolute Gasteiger partial charge is 0.113 e. The Kier molecular flexibility index (Phi) is 5.62. The number of aryl methyl sites for hydroxylation is 1. The third-order valence-corrected chi connectivity index (χ3v) is 3.08. The molecular weight excluding hydrogens is 214 g/mol. The van der Waals surface area contributed by atoms with Crippen molar-refractivity contribution in [1.29, 1.82) is 0 Å². The Morgan fingerprint density at radius 2 is 1.94 bits per heavy atom. The molecular formula is C14H23NO2. The summed E-state index contributed by atoms with van der Waals surface area (Å²) in [6, 6.07) is 8.07. The van der Waals surface area contributed by atoms with Gasteiger partial charge in [0.2, 0.25) is 0 Å². The molecule has 0 radical (unpaired) electrons. The lowest BCUT2D eigenvalue weighted by Gasteiger charge is -2.28. The third kappa shape index (κ3) is 3.80. The lowest BCUT2D eigenvalue weighted by atomic mass is 9.89. The molecule has 0 saturated heterocycles. The quantitative estimate of drug-likeness (QED) is 0.760. The van der Waals surface area contributed by atoms with Crippen molar-refractivity contribution in [2.24, 2.45) is 5.73 Å². The first-order chi connectivity index (χ1) is 8.16. The highest BCUT2D eigenvalue weighted by molar-refractivity contribution is 5.27.